The lowest BCUT2D eigenvalue weighted by Gasteiger charge is -2.33. The van der Waals surface area contributed by atoms with E-state index in [1.807, 2.05) is 6.07 Å². The molecular formula is C26H32N4O6S. The Bertz CT molecular complexity index is 1160. The summed E-state index contributed by atoms with van der Waals surface area (Å²) in [5, 5.41) is 25.5. The number of hydrogen-bond acceptors (Lipinski definition) is 8. The van der Waals surface area contributed by atoms with Gasteiger partial charge in [0.2, 0.25) is 5.91 Å². The molecule has 0 spiro atoms. The van der Waals surface area contributed by atoms with Crippen LogP contribution in [0.5, 0.6) is 11.5 Å². The van der Waals surface area contributed by atoms with Gasteiger partial charge in [0.25, 0.3) is 5.91 Å². The molecule has 0 heterocycles. The van der Waals surface area contributed by atoms with Crippen molar-refractivity contribution in [3.8, 4) is 17.6 Å². The summed E-state index contributed by atoms with van der Waals surface area (Å²) in [7, 11) is 1.51. The average molecular weight is 529 g/mol. The molecular weight excluding hydrogens is 496 g/mol. The van der Waals surface area contributed by atoms with E-state index in [2.05, 4.69) is 23.3 Å². The molecule has 37 heavy (non-hydrogen) atoms. The van der Waals surface area contributed by atoms with E-state index >= 15 is 0 Å². The minimum absolute atomic E-state index is 0.116. The normalized spacial score (nSPS) is 12.5. The average Bonchev–Trinajstić information content (AvgIpc) is 2.83. The van der Waals surface area contributed by atoms with Crippen molar-refractivity contribution in [2.75, 3.05) is 24.7 Å². The molecule has 2 aromatic rings. The summed E-state index contributed by atoms with van der Waals surface area (Å²) < 4.78 is 10.4. The summed E-state index contributed by atoms with van der Waals surface area (Å²) in [5.74, 6) is -1.18. The lowest BCUT2D eigenvalue weighted by molar-refractivity contribution is -0.139. The first-order chi connectivity index (χ1) is 17.4. The van der Waals surface area contributed by atoms with E-state index in [9.17, 15) is 24.8 Å². The number of rotatable bonds is 9. The number of amides is 3. The number of ether oxygens (including phenoxy) is 2. The Morgan fingerprint density at radius 3 is 2.35 bits per heavy atom. The standard InChI is InChI=1S/C26H32N4O6S/c1-16-7-6-8-19(22(16)31)21(23(32)28-17-9-11-18(35-5)12-10-17)30(14-13-27)24(33)20(15-37)29-25(34)36-26(2,3)4/h6-12,20-21,31,37H,14-15H2,1-5H3,(H,28,32)(H,29,34). The molecule has 0 aromatic heterocycles. The summed E-state index contributed by atoms with van der Waals surface area (Å²) in [4.78, 5) is 40.5. The van der Waals surface area contributed by atoms with Gasteiger partial charge in [-0.2, -0.15) is 17.9 Å². The van der Waals surface area contributed by atoms with Gasteiger partial charge in [0.05, 0.1) is 13.2 Å². The molecule has 2 rings (SSSR count). The van der Waals surface area contributed by atoms with Crippen LogP contribution in [0, 0.1) is 18.3 Å². The number of para-hydroxylation sites is 1. The highest BCUT2D eigenvalue weighted by molar-refractivity contribution is 7.80. The summed E-state index contributed by atoms with van der Waals surface area (Å²) in [6.07, 6.45) is -0.852. The number of nitrogens with one attached hydrogen (secondary N) is 2. The molecule has 3 amide bonds. The van der Waals surface area contributed by atoms with Gasteiger partial charge >= 0.3 is 6.09 Å². The first kappa shape index (κ1) is 29.3. The Morgan fingerprint density at radius 1 is 1.16 bits per heavy atom. The number of nitrogens with zero attached hydrogens (tertiary/aromatic N) is 2. The number of phenolic OH excluding ortho intramolecular Hbond substituents is 1. The molecule has 0 fully saturated rings. The monoisotopic (exact) mass is 528 g/mol. The van der Waals surface area contributed by atoms with E-state index in [-0.39, 0.29) is 17.1 Å². The van der Waals surface area contributed by atoms with Gasteiger partial charge in [-0.15, -0.1) is 0 Å². The predicted molar refractivity (Wildman–Crippen MR) is 142 cm³/mol. The largest absolute Gasteiger partial charge is 0.507 e. The molecule has 2 unspecified atom stereocenters. The number of carbonyl (C=O) groups is 3. The zero-order chi connectivity index (χ0) is 27.8. The minimum atomic E-state index is -1.41. The number of methoxy groups -OCH3 is 1. The van der Waals surface area contributed by atoms with Gasteiger partial charge in [-0.1, -0.05) is 18.2 Å². The molecule has 0 aliphatic carbocycles. The number of carbonyl (C=O) groups excluding carboxylic acids is 3. The van der Waals surface area contributed by atoms with Gasteiger partial charge in [-0.25, -0.2) is 4.79 Å². The minimum Gasteiger partial charge on any atom is -0.507 e. The zero-order valence-electron chi connectivity index (χ0n) is 21.4. The van der Waals surface area contributed by atoms with Crippen molar-refractivity contribution in [1.82, 2.24) is 10.2 Å². The highest BCUT2D eigenvalue weighted by Crippen LogP contribution is 2.33. The van der Waals surface area contributed by atoms with E-state index in [0.29, 0.717) is 17.0 Å². The molecule has 0 saturated carbocycles. The van der Waals surface area contributed by atoms with Crippen molar-refractivity contribution in [3.63, 3.8) is 0 Å². The predicted octanol–water partition coefficient (Wildman–Crippen LogP) is 3.56. The van der Waals surface area contributed by atoms with Crippen molar-refractivity contribution >= 4 is 36.2 Å². The fraction of sp³-hybridized carbons (Fsp3) is 0.385. The number of aryl methyl sites for hydroxylation is 1. The smallest absolute Gasteiger partial charge is 0.408 e. The topological polar surface area (TPSA) is 141 Å². The van der Waals surface area contributed by atoms with Crippen molar-refractivity contribution in [2.24, 2.45) is 0 Å². The molecule has 0 radical (unpaired) electrons. The van der Waals surface area contributed by atoms with Gasteiger partial charge in [0.15, 0.2) is 0 Å². The van der Waals surface area contributed by atoms with Crippen molar-refractivity contribution in [2.45, 2.75) is 45.4 Å². The number of aromatic hydroxyl groups is 1. The van der Waals surface area contributed by atoms with Crippen LogP contribution >= 0.6 is 12.6 Å². The van der Waals surface area contributed by atoms with Gasteiger partial charge in [-0.3, -0.25) is 9.59 Å². The van der Waals surface area contributed by atoms with Gasteiger partial charge < -0.3 is 30.1 Å². The Morgan fingerprint density at radius 2 is 1.81 bits per heavy atom. The van der Waals surface area contributed by atoms with Crippen LogP contribution in [0.15, 0.2) is 42.5 Å². The quantitative estimate of drug-likeness (QED) is 0.288. The number of thiol groups is 1. The molecule has 11 heteroatoms. The second-order valence-corrected chi connectivity index (χ2v) is 9.50. The van der Waals surface area contributed by atoms with E-state index in [1.165, 1.54) is 13.2 Å². The second-order valence-electron chi connectivity index (χ2n) is 9.14. The van der Waals surface area contributed by atoms with Crippen molar-refractivity contribution in [1.29, 1.82) is 5.26 Å². The molecule has 2 aromatic carbocycles. The highest BCUT2D eigenvalue weighted by atomic mass is 32.1. The first-order valence-corrected chi connectivity index (χ1v) is 12.1. The van der Waals surface area contributed by atoms with Crippen LogP contribution in [0.2, 0.25) is 0 Å². The van der Waals surface area contributed by atoms with E-state index in [4.69, 9.17) is 9.47 Å². The number of benzene rings is 2. The maximum absolute atomic E-state index is 13.6. The molecule has 0 aliphatic rings. The summed E-state index contributed by atoms with van der Waals surface area (Å²) in [6, 6.07) is 10.6. The zero-order valence-corrected chi connectivity index (χ0v) is 22.3. The van der Waals surface area contributed by atoms with Crippen molar-refractivity contribution in [3.05, 3.63) is 53.6 Å². The Hall–Kier alpha value is -3.91. The number of anilines is 1. The molecule has 3 N–H and O–H groups in total. The number of hydrogen-bond donors (Lipinski definition) is 4. The highest BCUT2D eigenvalue weighted by Gasteiger charge is 2.37. The maximum Gasteiger partial charge on any atom is 0.408 e. The molecule has 0 saturated heterocycles. The van der Waals surface area contributed by atoms with Gasteiger partial charge in [0.1, 0.15) is 35.7 Å². The third-order valence-corrected chi connectivity index (χ3v) is 5.54. The third kappa shape index (κ3) is 8.05. The summed E-state index contributed by atoms with van der Waals surface area (Å²) >= 11 is 4.18. The van der Waals surface area contributed by atoms with Crippen LogP contribution < -0.4 is 15.4 Å². The number of phenols is 1. The lowest BCUT2D eigenvalue weighted by Crippen LogP contribution is -2.53. The first-order valence-electron chi connectivity index (χ1n) is 11.4. The van der Waals surface area contributed by atoms with Crippen LogP contribution in [0.3, 0.4) is 0 Å². The van der Waals surface area contributed by atoms with Crippen molar-refractivity contribution < 1.29 is 29.0 Å². The fourth-order valence-electron chi connectivity index (χ4n) is 3.45. The molecule has 198 valence electrons. The second kappa shape index (κ2) is 12.9. The fourth-order valence-corrected chi connectivity index (χ4v) is 3.69. The summed E-state index contributed by atoms with van der Waals surface area (Å²) in [5.41, 5.74) is 0.186. The van der Waals surface area contributed by atoms with E-state index in [0.717, 1.165) is 4.90 Å². The number of nitriles is 1. The van der Waals surface area contributed by atoms with Crippen LogP contribution in [0.4, 0.5) is 10.5 Å². The third-order valence-electron chi connectivity index (χ3n) is 5.18. The number of alkyl carbamates (subject to hydrolysis) is 1. The van der Waals surface area contributed by atoms with Crippen LogP contribution in [0.25, 0.3) is 0 Å². The van der Waals surface area contributed by atoms with Crippen LogP contribution in [0.1, 0.15) is 37.9 Å². The van der Waals surface area contributed by atoms with Gasteiger partial charge in [-0.05, 0) is 57.5 Å². The molecule has 0 aliphatic heterocycles. The molecule has 10 nitrogen and oxygen atoms in total. The Kier molecular flexibility index (Phi) is 10.2. The Labute approximate surface area is 222 Å². The SMILES string of the molecule is COc1ccc(NC(=O)C(c2cccc(C)c2O)N(CC#N)C(=O)C(CS)NC(=O)OC(C)(C)C)cc1. The van der Waals surface area contributed by atoms with Crippen LogP contribution in [-0.4, -0.2) is 59.0 Å². The van der Waals surface area contributed by atoms with E-state index < -0.39 is 42.1 Å². The summed E-state index contributed by atoms with van der Waals surface area (Å²) in [6.45, 7) is 6.16. The lowest BCUT2D eigenvalue weighted by atomic mass is 9.99. The van der Waals surface area contributed by atoms with E-state index in [1.54, 1.807) is 64.1 Å². The van der Waals surface area contributed by atoms with Crippen LogP contribution in [-0.2, 0) is 14.3 Å². The van der Waals surface area contributed by atoms with Gasteiger partial charge in [0, 0.05) is 17.0 Å². The molecule has 0 bridgehead atoms. The Balaban J connectivity index is 2.49. The molecule has 2 atom stereocenters. The maximum atomic E-state index is 13.6.